The zero-order valence-electron chi connectivity index (χ0n) is 11.1. The number of nitriles is 1. The van der Waals surface area contributed by atoms with Crippen LogP contribution in [-0.4, -0.2) is 12.2 Å². The molecule has 2 rings (SSSR count). The van der Waals surface area contributed by atoms with E-state index in [2.05, 4.69) is 5.32 Å². The highest BCUT2D eigenvalue weighted by molar-refractivity contribution is 5.14. The van der Waals surface area contributed by atoms with Crippen molar-refractivity contribution in [3.8, 4) is 6.07 Å². The molecule has 5 heteroatoms. The molecule has 0 heterocycles. The van der Waals surface area contributed by atoms with Crippen molar-refractivity contribution >= 4 is 0 Å². The molecule has 108 valence electrons. The van der Waals surface area contributed by atoms with Gasteiger partial charge in [-0.05, 0) is 31.2 Å². The number of benzene rings is 1. The molecule has 0 saturated heterocycles. The van der Waals surface area contributed by atoms with Crippen molar-refractivity contribution in [3.05, 3.63) is 35.9 Å². The average molecular weight is 282 g/mol. The third kappa shape index (κ3) is 3.51. The second kappa shape index (κ2) is 5.84. The minimum absolute atomic E-state index is 0.0382. The second-order valence-corrected chi connectivity index (χ2v) is 5.36. The Morgan fingerprint density at radius 1 is 1.25 bits per heavy atom. The fourth-order valence-corrected chi connectivity index (χ4v) is 2.30. The molecule has 0 spiro atoms. The van der Waals surface area contributed by atoms with E-state index in [1.54, 1.807) is 0 Å². The average Bonchev–Trinajstić information content (AvgIpc) is 3.21. The van der Waals surface area contributed by atoms with E-state index < -0.39 is 17.6 Å². The van der Waals surface area contributed by atoms with E-state index in [4.69, 9.17) is 5.26 Å². The van der Waals surface area contributed by atoms with Crippen LogP contribution in [0.15, 0.2) is 30.3 Å². The molecular weight excluding hydrogens is 265 g/mol. The predicted octanol–water partition coefficient (Wildman–Crippen LogP) is 3.79. The van der Waals surface area contributed by atoms with Crippen LogP contribution in [0.1, 0.15) is 31.2 Å². The first kappa shape index (κ1) is 14.9. The fourth-order valence-electron chi connectivity index (χ4n) is 2.30. The minimum atomic E-state index is -4.13. The summed E-state index contributed by atoms with van der Waals surface area (Å²) in [4.78, 5) is 0. The fraction of sp³-hybridized carbons (Fsp3) is 0.533. The normalized spacial score (nSPS) is 18.3. The summed E-state index contributed by atoms with van der Waals surface area (Å²) in [7, 11) is 0. The smallest absolute Gasteiger partial charge is 0.298 e. The Bertz CT molecular complexity index is 472. The van der Waals surface area contributed by atoms with Crippen molar-refractivity contribution in [3.63, 3.8) is 0 Å². The molecule has 1 N–H and O–H groups in total. The Labute approximate surface area is 116 Å². The zero-order chi connectivity index (χ0) is 14.6. The van der Waals surface area contributed by atoms with Crippen LogP contribution in [0.3, 0.4) is 0 Å². The molecule has 2 nitrogen and oxygen atoms in total. The topological polar surface area (TPSA) is 35.8 Å². The van der Waals surface area contributed by atoms with Crippen molar-refractivity contribution in [2.75, 3.05) is 0 Å². The molecule has 1 atom stereocenters. The Morgan fingerprint density at radius 3 is 2.40 bits per heavy atom. The standard InChI is InChI=1S/C15H17F3N2/c16-15(17,18)14(8-9-14)7-6-13(10-19)20-11-12-4-2-1-3-5-12/h1-5,13,20H,6-9,11H2. The summed E-state index contributed by atoms with van der Waals surface area (Å²) in [5.41, 5.74) is -0.499. The first-order chi connectivity index (χ1) is 9.47. The molecule has 1 aliphatic carbocycles. The molecule has 1 aromatic rings. The molecule has 0 amide bonds. The molecule has 1 saturated carbocycles. The first-order valence-corrected chi connectivity index (χ1v) is 6.70. The molecule has 1 aromatic carbocycles. The molecule has 1 aliphatic rings. The Kier molecular flexibility index (Phi) is 4.34. The first-order valence-electron chi connectivity index (χ1n) is 6.70. The van der Waals surface area contributed by atoms with Crippen LogP contribution in [0.5, 0.6) is 0 Å². The van der Waals surface area contributed by atoms with Gasteiger partial charge in [-0.25, -0.2) is 0 Å². The summed E-state index contributed by atoms with van der Waals surface area (Å²) in [6, 6.07) is 11.0. The molecule has 0 aromatic heterocycles. The lowest BCUT2D eigenvalue weighted by Crippen LogP contribution is -2.31. The van der Waals surface area contributed by atoms with Crippen LogP contribution in [0.4, 0.5) is 13.2 Å². The molecule has 20 heavy (non-hydrogen) atoms. The molecule has 1 unspecified atom stereocenters. The maximum atomic E-state index is 12.8. The largest absolute Gasteiger partial charge is 0.394 e. The van der Waals surface area contributed by atoms with Crippen LogP contribution in [0.25, 0.3) is 0 Å². The lowest BCUT2D eigenvalue weighted by atomic mass is 9.96. The van der Waals surface area contributed by atoms with Gasteiger partial charge in [0.05, 0.1) is 17.5 Å². The maximum absolute atomic E-state index is 12.8. The summed E-state index contributed by atoms with van der Waals surface area (Å²) < 4.78 is 38.4. The number of alkyl halides is 3. The van der Waals surface area contributed by atoms with E-state index in [-0.39, 0.29) is 25.7 Å². The predicted molar refractivity (Wildman–Crippen MR) is 69.6 cm³/mol. The van der Waals surface area contributed by atoms with Crippen LogP contribution in [0, 0.1) is 16.7 Å². The van der Waals surface area contributed by atoms with Gasteiger partial charge in [-0.15, -0.1) is 0 Å². The Hall–Kier alpha value is -1.54. The van der Waals surface area contributed by atoms with Crippen molar-refractivity contribution in [1.82, 2.24) is 5.32 Å². The minimum Gasteiger partial charge on any atom is -0.298 e. The highest BCUT2D eigenvalue weighted by atomic mass is 19.4. The van der Waals surface area contributed by atoms with Gasteiger partial charge in [-0.2, -0.15) is 18.4 Å². The summed E-state index contributed by atoms with van der Waals surface area (Å²) in [5, 5.41) is 12.0. The SMILES string of the molecule is N#CC(CCC1(C(F)(F)F)CC1)NCc1ccccc1. The van der Waals surface area contributed by atoms with Crippen molar-refractivity contribution in [2.24, 2.45) is 5.41 Å². The zero-order valence-corrected chi connectivity index (χ0v) is 11.1. The number of halogens is 3. The Morgan fingerprint density at radius 2 is 1.90 bits per heavy atom. The van der Waals surface area contributed by atoms with E-state index in [9.17, 15) is 13.2 Å². The lowest BCUT2D eigenvalue weighted by molar-refractivity contribution is -0.189. The summed E-state index contributed by atoms with van der Waals surface area (Å²) in [6.45, 7) is 0.498. The van der Waals surface area contributed by atoms with Gasteiger partial charge in [0.1, 0.15) is 0 Å². The van der Waals surface area contributed by atoms with Gasteiger partial charge in [-0.1, -0.05) is 30.3 Å². The summed E-state index contributed by atoms with van der Waals surface area (Å²) >= 11 is 0. The van der Waals surface area contributed by atoms with E-state index >= 15 is 0 Å². The van der Waals surface area contributed by atoms with Crippen LogP contribution in [0.2, 0.25) is 0 Å². The number of hydrogen-bond acceptors (Lipinski definition) is 2. The summed E-state index contributed by atoms with van der Waals surface area (Å²) in [6.07, 6.45) is -3.45. The quantitative estimate of drug-likeness (QED) is 0.861. The van der Waals surface area contributed by atoms with Crippen molar-refractivity contribution in [1.29, 1.82) is 5.26 Å². The second-order valence-electron chi connectivity index (χ2n) is 5.36. The van der Waals surface area contributed by atoms with Gasteiger partial charge in [0.2, 0.25) is 0 Å². The molecule has 1 fully saturated rings. The van der Waals surface area contributed by atoms with Gasteiger partial charge < -0.3 is 0 Å². The third-order valence-electron chi connectivity index (χ3n) is 3.92. The number of nitrogens with one attached hydrogen (secondary N) is 1. The van der Waals surface area contributed by atoms with Gasteiger partial charge in [0.25, 0.3) is 0 Å². The lowest BCUT2D eigenvalue weighted by Gasteiger charge is -2.20. The monoisotopic (exact) mass is 282 g/mol. The van der Waals surface area contributed by atoms with E-state index in [0.29, 0.717) is 6.54 Å². The maximum Gasteiger partial charge on any atom is 0.394 e. The highest BCUT2D eigenvalue weighted by Gasteiger charge is 2.62. The van der Waals surface area contributed by atoms with Crippen LogP contribution in [-0.2, 0) is 6.54 Å². The Balaban J connectivity index is 1.81. The summed E-state index contributed by atoms with van der Waals surface area (Å²) in [5.74, 6) is 0. The van der Waals surface area contributed by atoms with Gasteiger partial charge >= 0.3 is 6.18 Å². The molecule has 0 radical (unpaired) electrons. The molecule has 0 aliphatic heterocycles. The molecular formula is C15H17F3N2. The highest BCUT2D eigenvalue weighted by Crippen LogP contribution is 2.60. The van der Waals surface area contributed by atoms with Crippen molar-refractivity contribution in [2.45, 2.75) is 44.4 Å². The van der Waals surface area contributed by atoms with E-state index in [0.717, 1.165) is 5.56 Å². The number of rotatable bonds is 6. The van der Waals surface area contributed by atoms with Crippen molar-refractivity contribution < 1.29 is 13.2 Å². The van der Waals surface area contributed by atoms with Gasteiger partial charge in [0, 0.05) is 6.54 Å². The third-order valence-corrected chi connectivity index (χ3v) is 3.92. The van der Waals surface area contributed by atoms with E-state index in [1.165, 1.54) is 0 Å². The number of nitrogens with zero attached hydrogens (tertiary/aromatic N) is 1. The number of hydrogen-bond donors (Lipinski definition) is 1. The van der Waals surface area contributed by atoms with Crippen LogP contribution < -0.4 is 5.32 Å². The van der Waals surface area contributed by atoms with Gasteiger partial charge in [0.15, 0.2) is 0 Å². The van der Waals surface area contributed by atoms with Gasteiger partial charge in [-0.3, -0.25) is 5.32 Å². The van der Waals surface area contributed by atoms with Crippen LogP contribution >= 0.6 is 0 Å². The molecule has 0 bridgehead atoms. The van der Waals surface area contributed by atoms with E-state index in [1.807, 2.05) is 36.4 Å².